The van der Waals surface area contributed by atoms with Gasteiger partial charge in [0.25, 0.3) is 5.82 Å². The van der Waals surface area contributed by atoms with E-state index in [9.17, 15) is 0 Å². The smallest absolute Gasteiger partial charge is 0.229 e. The maximum absolute atomic E-state index is 2.36. The van der Waals surface area contributed by atoms with Gasteiger partial charge in [-0.3, -0.25) is 0 Å². The second-order valence-corrected chi connectivity index (χ2v) is 7.62. The Bertz CT molecular complexity index is 845. The summed E-state index contributed by atoms with van der Waals surface area (Å²) in [5.74, 6) is 1.22. The molecule has 0 amide bonds. The van der Waals surface area contributed by atoms with E-state index in [2.05, 4.69) is 106 Å². The molecule has 124 valence electrons. The van der Waals surface area contributed by atoms with Gasteiger partial charge in [0, 0.05) is 5.41 Å². The highest BCUT2D eigenvalue weighted by atomic mass is 15.2. The van der Waals surface area contributed by atoms with Crippen molar-refractivity contribution in [1.29, 1.82) is 0 Å². The molecule has 1 aromatic heterocycles. The number of hydrogen-bond acceptors (Lipinski definition) is 0. The van der Waals surface area contributed by atoms with Crippen molar-refractivity contribution < 1.29 is 4.57 Å². The summed E-state index contributed by atoms with van der Waals surface area (Å²) in [4.78, 5) is 0. The number of nitrogens with zero attached hydrogens (tertiary/aromatic N) is 2. The molecule has 2 nitrogen and oxygen atoms in total. The minimum atomic E-state index is 0.0835. The van der Waals surface area contributed by atoms with Crippen molar-refractivity contribution in [2.24, 2.45) is 7.05 Å². The SMILES string of the molecule is Cc1cccc(C)c1-[n+]1cc(C(C)(C)C)n(C)c1-c1ccccc1. The van der Waals surface area contributed by atoms with Gasteiger partial charge in [-0.1, -0.05) is 57.2 Å². The molecule has 0 aliphatic carbocycles. The zero-order valence-corrected chi connectivity index (χ0v) is 15.6. The molecule has 0 N–H and O–H groups in total. The molecule has 0 fully saturated rings. The van der Waals surface area contributed by atoms with Crippen molar-refractivity contribution >= 4 is 0 Å². The Kier molecular flexibility index (Phi) is 4.08. The first-order valence-electron chi connectivity index (χ1n) is 8.54. The lowest BCUT2D eigenvalue weighted by Crippen LogP contribution is -2.33. The lowest BCUT2D eigenvalue weighted by atomic mass is 9.92. The number of hydrogen-bond donors (Lipinski definition) is 0. The van der Waals surface area contributed by atoms with Crippen LogP contribution in [0.15, 0.2) is 54.7 Å². The first-order valence-corrected chi connectivity index (χ1v) is 8.54. The first kappa shape index (κ1) is 16.5. The molecule has 3 rings (SSSR count). The van der Waals surface area contributed by atoms with Crippen molar-refractivity contribution in [2.75, 3.05) is 0 Å². The van der Waals surface area contributed by atoms with E-state index in [4.69, 9.17) is 0 Å². The van der Waals surface area contributed by atoms with Crippen molar-refractivity contribution in [3.05, 3.63) is 71.5 Å². The standard InChI is InChI=1S/C22H27N2/c1-16-11-10-12-17(2)20(16)24-15-19(22(3,4)5)23(6)21(24)18-13-8-7-9-14-18/h7-15H,1-6H3/q+1. The maximum atomic E-state index is 2.36. The van der Waals surface area contributed by atoms with Gasteiger partial charge in [0.1, 0.15) is 17.6 Å². The van der Waals surface area contributed by atoms with E-state index in [-0.39, 0.29) is 5.41 Å². The second kappa shape index (κ2) is 5.94. The zero-order valence-electron chi connectivity index (χ0n) is 15.6. The highest BCUT2D eigenvalue weighted by molar-refractivity contribution is 5.55. The fourth-order valence-electron chi connectivity index (χ4n) is 3.52. The molecule has 24 heavy (non-hydrogen) atoms. The van der Waals surface area contributed by atoms with Crippen molar-refractivity contribution in [1.82, 2.24) is 4.57 Å². The second-order valence-electron chi connectivity index (χ2n) is 7.62. The molecule has 0 bridgehead atoms. The molecule has 0 radical (unpaired) electrons. The normalized spacial score (nSPS) is 11.8. The third-order valence-corrected chi connectivity index (χ3v) is 4.64. The lowest BCUT2D eigenvalue weighted by molar-refractivity contribution is -0.584. The molecule has 0 saturated heterocycles. The molecule has 0 saturated carbocycles. The molecule has 3 aromatic rings. The van der Waals surface area contributed by atoms with Crippen molar-refractivity contribution in [3.63, 3.8) is 0 Å². The summed E-state index contributed by atoms with van der Waals surface area (Å²) in [7, 11) is 2.17. The van der Waals surface area contributed by atoms with Crippen LogP contribution in [0.1, 0.15) is 37.6 Å². The van der Waals surface area contributed by atoms with E-state index >= 15 is 0 Å². The Hall–Kier alpha value is -2.35. The fourth-order valence-corrected chi connectivity index (χ4v) is 3.52. The van der Waals surface area contributed by atoms with Gasteiger partial charge in [0.05, 0.1) is 12.6 Å². The molecule has 0 unspecified atom stereocenters. The van der Waals surface area contributed by atoms with Gasteiger partial charge in [0.2, 0.25) is 0 Å². The van der Waals surface area contributed by atoms with Crippen molar-refractivity contribution in [2.45, 2.75) is 40.0 Å². The van der Waals surface area contributed by atoms with E-state index in [0.29, 0.717) is 0 Å². The fraction of sp³-hybridized carbons (Fsp3) is 0.318. The number of rotatable bonds is 2. The van der Waals surface area contributed by atoms with Gasteiger partial charge >= 0.3 is 0 Å². The van der Waals surface area contributed by atoms with Crippen LogP contribution in [0.5, 0.6) is 0 Å². The van der Waals surface area contributed by atoms with Crippen LogP contribution in [0.3, 0.4) is 0 Å². The van der Waals surface area contributed by atoms with Crippen molar-refractivity contribution in [3.8, 4) is 17.1 Å². The third kappa shape index (κ3) is 2.77. The van der Waals surface area contributed by atoms with Crippen LogP contribution in [-0.2, 0) is 12.5 Å². The monoisotopic (exact) mass is 319 g/mol. The average Bonchev–Trinajstić information content (AvgIpc) is 2.85. The molecule has 0 atom stereocenters. The minimum absolute atomic E-state index is 0.0835. The third-order valence-electron chi connectivity index (χ3n) is 4.64. The van der Waals surface area contributed by atoms with Gasteiger partial charge in [0.15, 0.2) is 0 Å². The van der Waals surface area contributed by atoms with Gasteiger partial charge in [-0.25, -0.2) is 4.57 Å². The number of para-hydroxylation sites is 1. The van der Waals surface area contributed by atoms with Crippen LogP contribution in [0.2, 0.25) is 0 Å². The van der Waals surface area contributed by atoms with E-state index in [0.717, 1.165) is 0 Å². The molecule has 1 heterocycles. The highest BCUT2D eigenvalue weighted by Gasteiger charge is 2.31. The summed E-state index contributed by atoms with van der Waals surface area (Å²) in [5, 5.41) is 0. The first-order chi connectivity index (χ1) is 11.3. The van der Waals surface area contributed by atoms with Gasteiger partial charge in [-0.05, 0) is 37.1 Å². The molecule has 0 aliphatic rings. The number of benzene rings is 2. The van der Waals surface area contributed by atoms with E-state index in [1.54, 1.807) is 0 Å². The summed E-state index contributed by atoms with van der Waals surface area (Å²) in [6.45, 7) is 11.2. The predicted molar refractivity (Wildman–Crippen MR) is 101 cm³/mol. The molecular formula is C22H27N2+. The van der Waals surface area contributed by atoms with Crippen LogP contribution < -0.4 is 4.57 Å². The van der Waals surface area contributed by atoms with E-state index < -0.39 is 0 Å². The number of aryl methyl sites for hydroxylation is 2. The largest absolute Gasteiger partial charge is 0.294 e. The zero-order chi connectivity index (χ0) is 17.5. The van der Waals surface area contributed by atoms with E-state index in [1.807, 2.05) is 0 Å². The summed E-state index contributed by atoms with van der Waals surface area (Å²) < 4.78 is 4.70. The van der Waals surface area contributed by atoms with Crippen LogP contribution in [0.25, 0.3) is 17.1 Å². The summed E-state index contributed by atoms with van der Waals surface area (Å²) >= 11 is 0. The van der Waals surface area contributed by atoms with Gasteiger partial charge in [-0.2, -0.15) is 4.57 Å². The highest BCUT2D eigenvalue weighted by Crippen LogP contribution is 2.28. The van der Waals surface area contributed by atoms with Crippen LogP contribution in [0.4, 0.5) is 0 Å². The molecule has 2 heteroatoms. The van der Waals surface area contributed by atoms with Gasteiger partial charge < -0.3 is 0 Å². The Morgan fingerprint density at radius 2 is 1.42 bits per heavy atom. The van der Waals surface area contributed by atoms with Crippen LogP contribution in [0, 0.1) is 13.8 Å². The molecule has 2 aromatic carbocycles. The minimum Gasteiger partial charge on any atom is -0.229 e. The number of imidazole rings is 1. The lowest BCUT2D eigenvalue weighted by Gasteiger charge is -2.14. The Morgan fingerprint density at radius 1 is 0.833 bits per heavy atom. The summed E-state index contributed by atoms with van der Waals surface area (Å²) in [6, 6.07) is 17.2. The molecule has 0 aliphatic heterocycles. The Labute approximate surface area is 145 Å². The Balaban J connectivity index is 2.38. The summed E-state index contributed by atoms with van der Waals surface area (Å²) in [5.41, 5.74) is 6.51. The topological polar surface area (TPSA) is 8.81 Å². The Morgan fingerprint density at radius 3 is 1.96 bits per heavy atom. The number of aromatic nitrogens is 2. The van der Waals surface area contributed by atoms with Crippen LogP contribution in [-0.4, -0.2) is 4.57 Å². The van der Waals surface area contributed by atoms with Gasteiger partial charge in [-0.15, -0.1) is 0 Å². The molecular weight excluding hydrogens is 292 g/mol. The molecule has 0 spiro atoms. The quantitative estimate of drug-likeness (QED) is 0.595. The average molecular weight is 319 g/mol. The van der Waals surface area contributed by atoms with E-state index in [1.165, 1.54) is 33.9 Å². The predicted octanol–water partition coefficient (Wildman–Crippen LogP) is 4.88. The summed E-state index contributed by atoms with van der Waals surface area (Å²) in [6.07, 6.45) is 2.30. The maximum Gasteiger partial charge on any atom is 0.294 e. The van der Waals surface area contributed by atoms with Crippen LogP contribution >= 0.6 is 0 Å².